The predicted octanol–water partition coefficient (Wildman–Crippen LogP) is 3.76. The van der Waals surface area contributed by atoms with Crippen molar-refractivity contribution in [2.45, 2.75) is 19.6 Å². The first-order valence-electron chi connectivity index (χ1n) is 9.05. The maximum Gasteiger partial charge on any atom is 0.251 e. The predicted molar refractivity (Wildman–Crippen MR) is 110 cm³/mol. The van der Waals surface area contributed by atoms with Gasteiger partial charge in [-0.2, -0.15) is 0 Å². The number of amides is 2. The highest BCUT2D eigenvalue weighted by Gasteiger charge is 2.08. The Morgan fingerprint density at radius 2 is 1.79 bits per heavy atom. The molecule has 1 heterocycles. The molecule has 0 aliphatic heterocycles. The van der Waals surface area contributed by atoms with Crippen LogP contribution in [0.3, 0.4) is 0 Å². The monoisotopic (exact) mass is 394 g/mol. The van der Waals surface area contributed by atoms with Crippen LogP contribution in [0.15, 0.2) is 72.1 Å². The van der Waals surface area contributed by atoms with Gasteiger partial charge in [0.1, 0.15) is 12.4 Å². The molecule has 28 heavy (non-hydrogen) atoms. The Morgan fingerprint density at radius 3 is 2.57 bits per heavy atom. The Hall–Kier alpha value is -3.12. The second kappa shape index (κ2) is 10.3. The number of carbonyl (C=O) groups is 2. The molecule has 0 atom stereocenters. The first kappa shape index (κ1) is 19.6. The number of benzene rings is 2. The van der Waals surface area contributed by atoms with Crippen molar-refractivity contribution in [1.29, 1.82) is 0 Å². The Bertz CT molecular complexity index is 895. The van der Waals surface area contributed by atoms with Gasteiger partial charge in [0.25, 0.3) is 5.91 Å². The van der Waals surface area contributed by atoms with E-state index in [1.807, 2.05) is 53.9 Å². The quantitative estimate of drug-likeness (QED) is 0.581. The summed E-state index contributed by atoms with van der Waals surface area (Å²) < 4.78 is 5.72. The van der Waals surface area contributed by atoms with Crippen molar-refractivity contribution in [3.63, 3.8) is 0 Å². The van der Waals surface area contributed by atoms with Crippen LogP contribution in [0.4, 0.5) is 0 Å². The largest absolute Gasteiger partial charge is 0.488 e. The topological polar surface area (TPSA) is 67.4 Å². The molecule has 0 spiro atoms. The Kier molecular flexibility index (Phi) is 7.21. The molecule has 2 amide bonds. The van der Waals surface area contributed by atoms with Crippen LogP contribution in [0, 0.1) is 0 Å². The van der Waals surface area contributed by atoms with Crippen molar-refractivity contribution in [3.8, 4) is 5.75 Å². The van der Waals surface area contributed by atoms with Gasteiger partial charge in [0, 0.05) is 30.0 Å². The molecule has 5 nitrogen and oxygen atoms in total. The summed E-state index contributed by atoms with van der Waals surface area (Å²) in [7, 11) is 0. The standard InChI is InChI=1S/C22H22N2O3S/c25-21(24-15-17-6-2-1-3-7-17)11-12-23-22(26)18-8-4-9-19(14-18)27-16-20-10-5-13-28-20/h1-10,13-14H,11-12,15-16H2,(H,23,26)(H,24,25). The average Bonchev–Trinajstić information content (AvgIpc) is 3.25. The van der Waals surface area contributed by atoms with Crippen molar-refractivity contribution in [3.05, 3.63) is 88.1 Å². The summed E-state index contributed by atoms with van der Waals surface area (Å²) in [5, 5.41) is 7.61. The second-order valence-corrected chi connectivity index (χ2v) is 7.20. The number of rotatable bonds is 9. The fraction of sp³-hybridized carbons (Fsp3) is 0.182. The summed E-state index contributed by atoms with van der Waals surface area (Å²) in [6.07, 6.45) is 0.229. The zero-order chi connectivity index (χ0) is 19.6. The summed E-state index contributed by atoms with van der Waals surface area (Å²) in [5.74, 6) is 0.316. The Balaban J connectivity index is 1.40. The highest BCUT2D eigenvalue weighted by molar-refractivity contribution is 7.09. The van der Waals surface area contributed by atoms with Crippen molar-refractivity contribution >= 4 is 23.2 Å². The van der Waals surface area contributed by atoms with Crippen LogP contribution in [-0.2, 0) is 17.9 Å². The van der Waals surface area contributed by atoms with Gasteiger partial charge in [-0.1, -0.05) is 42.5 Å². The molecule has 0 aliphatic carbocycles. The lowest BCUT2D eigenvalue weighted by atomic mass is 10.2. The van der Waals surface area contributed by atoms with Crippen molar-refractivity contribution in [2.75, 3.05) is 6.54 Å². The summed E-state index contributed by atoms with van der Waals surface area (Å²) in [6.45, 7) is 1.24. The van der Waals surface area contributed by atoms with E-state index in [0.29, 0.717) is 24.5 Å². The SMILES string of the molecule is O=C(CCNC(=O)c1cccc(OCc2cccs2)c1)NCc1ccccc1. The van der Waals surface area contributed by atoms with E-state index in [1.54, 1.807) is 29.5 Å². The molecule has 0 bridgehead atoms. The molecule has 0 saturated carbocycles. The van der Waals surface area contributed by atoms with Crippen LogP contribution in [-0.4, -0.2) is 18.4 Å². The third kappa shape index (κ3) is 6.25. The van der Waals surface area contributed by atoms with Crippen LogP contribution in [0.5, 0.6) is 5.75 Å². The fourth-order valence-corrected chi connectivity index (χ4v) is 3.17. The zero-order valence-corrected chi connectivity index (χ0v) is 16.2. The van der Waals surface area contributed by atoms with Gasteiger partial charge in [-0.3, -0.25) is 9.59 Å². The minimum absolute atomic E-state index is 0.0998. The fourth-order valence-electron chi connectivity index (χ4n) is 2.55. The van der Waals surface area contributed by atoms with E-state index in [2.05, 4.69) is 10.6 Å². The maximum absolute atomic E-state index is 12.3. The number of hydrogen-bond acceptors (Lipinski definition) is 4. The van der Waals surface area contributed by atoms with Crippen molar-refractivity contribution in [2.24, 2.45) is 0 Å². The Morgan fingerprint density at radius 1 is 0.929 bits per heavy atom. The average molecular weight is 394 g/mol. The van der Waals surface area contributed by atoms with Gasteiger partial charge in [-0.15, -0.1) is 11.3 Å². The number of nitrogens with one attached hydrogen (secondary N) is 2. The lowest BCUT2D eigenvalue weighted by Gasteiger charge is -2.09. The molecule has 3 aromatic rings. The molecular formula is C22H22N2O3S. The highest BCUT2D eigenvalue weighted by atomic mass is 32.1. The minimum atomic E-state index is -0.225. The third-order valence-electron chi connectivity index (χ3n) is 4.03. The summed E-state index contributed by atoms with van der Waals surface area (Å²) in [6, 6.07) is 20.7. The molecule has 3 rings (SSSR count). The molecule has 0 radical (unpaired) electrons. The highest BCUT2D eigenvalue weighted by Crippen LogP contribution is 2.17. The maximum atomic E-state index is 12.3. The number of thiophene rings is 1. The van der Waals surface area contributed by atoms with Gasteiger partial charge in [-0.05, 0) is 35.2 Å². The smallest absolute Gasteiger partial charge is 0.251 e. The van der Waals surface area contributed by atoms with Gasteiger partial charge >= 0.3 is 0 Å². The Labute approximate surface area is 168 Å². The second-order valence-electron chi connectivity index (χ2n) is 6.16. The lowest BCUT2D eigenvalue weighted by Crippen LogP contribution is -2.30. The van der Waals surface area contributed by atoms with Crippen molar-refractivity contribution < 1.29 is 14.3 Å². The number of hydrogen-bond donors (Lipinski definition) is 2. The number of ether oxygens (including phenoxy) is 1. The first-order valence-corrected chi connectivity index (χ1v) is 9.93. The first-order chi connectivity index (χ1) is 13.7. The lowest BCUT2D eigenvalue weighted by molar-refractivity contribution is -0.121. The van der Waals surface area contributed by atoms with Crippen LogP contribution < -0.4 is 15.4 Å². The van der Waals surface area contributed by atoms with E-state index in [4.69, 9.17) is 4.74 Å². The molecule has 0 saturated heterocycles. The van der Waals surface area contributed by atoms with Gasteiger partial charge in [0.2, 0.25) is 5.91 Å². The van der Waals surface area contributed by atoms with Gasteiger partial charge in [0.15, 0.2) is 0 Å². The molecular weight excluding hydrogens is 372 g/mol. The van der Waals surface area contributed by atoms with Crippen LogP contribution >= 0.6 is 11.3 Å². The molecule has 6 heteroatoms. The van der Waals surface area contributed by atoms with Crippen LogP contribution in [0.25, 0.3) is 0 Å². The molecule has 0 fully saturated rings. The molecule has 144 valence electrons. The van der Waals surface area contributed by atoms with E-state index in [0.717, 1.165) is 10.4 Å². The summed E-state index contributed by atoms with van der Waals surface area (Å²) >= 11 is 1.63. The molecule has 0 unspecified atom stereocenters. The molecule has 0 aliphatic rings. The van der Waals surface area contributed by atoms with E-state index in [1.165, 1.54) is 0 Å². The number of carbonyl (C=O) groups excluding carboxylic acids is 2. The van der Waals surface area contributed by atoms with Gasteiger partial charge < -0.3 is 15.4 Å². The van der Waals surface area contributed by atoms with Crippen molar-refractivity contribution in [1.82, 2.24) is 10.6 Å². The normalized spacial score (nSPS) is 10.3. The molecule has 2 aromatic carbocycles. The van der Waals surface area contributed by atoms with E-state index in [-0.39, 0.29) is 24.8 Å². The van der Waals surface area contributed by atoms with E-state index < -0.39 is 0 Å². The van der Waals surface area contributed by atoms with Gasteiger partial charge in [0.05, 0.1) is 0 Å². The summed E-state index contributed by atoms with van der Waals surface area (Å²) in [5.41, 5.74) is 1.55. The third-order valence-corrected chi connectivity index (χ3v) is 4.88. The van der Waals surface area contributed by atoms with E-state index >= 15 is 0 Å². The van der Waals surface area contributed by atoms with E-state index in [9.17, 15) is 9.59 Å². The summed E-state index contributed by atoms with van der Waals surface area (Å²) in [4.78, 5) is 25.3. The van der Waals surface area contributed by atoms with Crippen LogP contribution in [0.1, 0.15) is 27.2 Å². The molecule has 1 aromatic heterocycles. The van der Waals surface area contributed by atoms with Crippen LogP contribution in [0.2, 0.25) is 0 Å². The minimum Gasteiger partial charge on any atom is -0.488 e. The molecule has 2 N–H and O–H groups in total. The zero-order valence-electron chi connectivity index (χ0n) is 15.4. The van der Waals surface area contributed by atoms with Gasteiger partial charge in [-0.25, -0.2) is 0 Å².